The number of benzene rings is 2. The van der Waals surface area contributed by atoms with Crippen LogP contribution in [0.5, 0.6) is 5.75 Å². The lowest BCUT2D eigenvalue weighted by atomic mass is 10.0. The van der Waals surface area contributed by atoms with E-state index in [9.17, 15) is 0 Å². The van der Waals surface area contributed by atoms with E-state index >= 15 is 0 Å². The van der Waals surface area contributed by atoms with Crippen LogP contribution in [0.15, 0.2) is 46.9 Å². The zero-order valence-corrected chi connectivity index (χ0v) is 16.5. The molecule has 2 aromatic carbocycles. The number of likely N-dealkylation sites (tertiary alicyclic amines) is 1. The maximum Gasteiger partial charge on any atom is 0.134 e. The van der Waals surface area contributed by atoms with Gasteiger partial charge in [-0.1, -0.05) is 24.3 Å². The van der Waals surface area contributed by atoms with E-state index in [-0.39, 0.29) is 0 Å². The first-order valence-corrected chi connectivity index (χ1v) is 10.2. The molecule has 142 valence electrons. The second kappa shape index (κ2) is 8.18. The van der Waals surface area contributed by atoms with Crippen LogP contribution in [-0.2, 0) is 12.8 Å². The number of aryl methyl sites for hydroxylation is 1. The topological polar surface area (TPSA) is 25.6 Å². The summed E-state index contributed by atoms with van der Waals surface area (Å²) in [5.74, 6) is 2.04. The van der Waals surface area contributed by atoms with E-state index in [0.717, 1.165) is 36.5 Å². The maximum absolute atomic E-state index is 6.33. The summed E-state index contributed by atoms with van der Waals surface area (Å²) in [5.41, 5.74) is 4.91. The molecule has 0 bridgehead atoms. The van der Waals surface area contributed by atoms with Crippen LogP contribution in [0.1, 0.15) is 42.2 Å². The van der Waals surface area contributed by atoms with Crippen LogP contribution in [0.25, 0.3) is 11.0 Å². The van der Waals surface area contributed by atoms with E-state index < -0.39 is 0 Å². The Balaban J connectivity index is 1.60. The van der Waals surface area contributed by atoms with Gasteiger partial charge in [0.15, 0.2) is 0 Å². The molecule has 0 unspecified atom stereocenters. The minimum absolute atomic E-state index is 0.697. The molecule has 1 saturated heterocycles. The summed E-state index contributed by atoms with van der Waals surface area (Å²) < 4.78 is 11.9. The predicted octanol–water partition coefficient (Wildman–Crippen LogP) is 5.37. The van der Waals surface area contributed by atoms with Gasteiger partial charge in [-0.2, -0.15) is 0 Å². The highest BCUT2D eigenvalue weighted by Crippen LogP contribution is 2.30. The van der Waals surface area contributed by atoms with Crippen molar-refractivity contribution < 1.29 is 9.15 Å². The average Bonchev–Trinajstić information content (AvgIpc) is 3.29. The van der Waals surface area contributed by atoms with Crippen molar-refractivity contribution in [2.45, 2.75) is 39.5 Å². The molecule has 2 heterocycles. The summed E-state index contributed by atoms with van der Waals surface area (Å²) in [4.78, 5) is 2.58. The third-order valence-electron chi connectivity index (χ3n) is 5.51. The number of hydrogen-bond donors (Lipinski definition) is 0. The van der Waals surface area contributed by atoms with Crippen LogP contribution < -0.4 is 4.74 Å². The van der Waals surface area contributed by atoms with Crippen LogP contribution in [0.2, 0.25) is 0 Å². The van der Waals surface area contributed by atoms with Gasteiger partial charge in [0.05, 0.1) is 6.61 Å². The van der Waals surface area contributed by atoms with Crippen molar-refractivity contribution in [3.8, 4) is 5.75 Å². The molecule has 3 nitrogen and oxygen atoms in total. The van der Waals surface area contributed by atoms with Crippen molar-refractivity contribution in [2.24, 2.45) is 0 Å². The van der Waals surface area contributed by atoms with Crippen molar-refractivity contribution in [1.29, 1.82) is 0 Å². The molecule has 1 aromatic heterocycles. The van der Waals surface area contributed by atoms with Crippen LogP contribution in [0.3, 0.4) is 0 Å². The van der Waals surface area contributed by atoms with Gasteiger partial charge in [0, 0.05) is 23.9 Å². The minimum Gasteiger partial charge on any atom is -0.494 e. The highest BCUT2D eigenvalue weighted by Gasteiger charge is 2.17. The fraction of sp³-hybridized carbons (Fsp3) is 0.417. The number of fused-ring (bicyclic) bond motifs is 1. The molecular weight excluding hydrogens is 334 g/mol. The molecule has 3 aromatic rings. The Hall–Kier alpha value is -2.26. The van der Waals surface area contributed by atoms with Gasteiger partial charge >= 0.3 is 0 Å². The fourth-order valence-corrected chi connectivity index (χ4v) is 4.06. The summed E-state index contributed by atoms with van der Waals surface area (Å²) in [7, 11) is 0. The highest BCUT2D eigenvalue weighted by atomic mass is 16.5. The van der Waals surface area contributed by atoms with E-state index in [1.54, 1.807) is 0 Å². The summed E-state index contributed by atoms with van der Waals surface area (Å²) >= 11 is 0. The van der Waals surface area contributed by atoms with Gasteiger partial charge in [-0.25, -0.2) is 0 Å². The van der Waals surface area contributed by atoms with Gasteiger partial charge in [0.25, 0.3) is 0 Å². The van der Waals surface area contributed by atoms with Gasteiger partial charge in [-0.05, 0) is 75.5 Å². The van der Waals surface area contributed by atoms with Gasteiger partial charge < -0.3 is 14.1 Å². The van der Waals surface area contributed by atoms with Gasteiger partial charge in [-0.3, -0.25) is 0 Å². The number of rotatable bonds is 7. The van der Waals surface area contributed by atoms with E-state index in [1.807, 2.05) is 6.92 Å². The Morgan fingerprint density at radius 2 is 1.81 bits per heavy atom. The van der Waals surface area contributed by atoms with Crippen LogP contribution in [0.4, 0.5) is 0 Å². The predicted molar refractivity (Wildman–Crippen MR) is 111 cm³/mol. The van der Waals surface area contributed by atoms with Crippen molar-refractivity contribution in [2.75, 3.05) is 26.2 Å². The first kappa shape index (κ1) is 18.1. The Morgan fingerprint density at radius 3 is 2.56 bits per heavy atom. The zero-order valence-electron chi connectivity index (χ0n) is 16.5. The molecule has 0 saturated carbocycles. The number of furan rings is 1. The van der Waals surface area contributed by atoms with Crippen LogP contribution >= 0.6 is 0 Å². The molecule has 27 heavy (non-hydrogen) atoms. The maximum atomic E-state index is 6.33. The number of nitrogens with zero attached hydrogens (tertiary/aromatic N) is 1. The number of hydrogen-bond acceptors (Lipinski definition) is 3. The van der Waals surface area contributed by atoms with Crippen LogP contribution in [0, 0.1) is 6.92 Å². The second-order valence-electron chi connectivity index (χ2n) is 7.56. The zero-order chi connectivity index (χ0) is 18.6. The normalized spacial score (nSPS) is 14.9. The first-order chi connectivity index (χ1) is 13.2. The minimum atomic E-state index is 0.697. The summed E-state index contributed by atoms with van der Waals surface area (Å²) in [6.45, 7) is 8.43. The lowest BCUT2D eigenvalue weighted by Crippen LogP contribution is -2.22. The fourth-order valence-electron chi connectivity index (χ4n) is 4.06. The Bertz CT molecular complexity index is 889. The number of ether oxygens (including phenoxy) is 1. The third-order valence-corrected chi connectivity index (χ3v) is 5.51. The lowest BCUT2D eigenvalue weighted by Gasteiger charge is -2.14. The largest absolute Gasteiger partial charge is 0.494 e. The summed E-state index contributed by atoms with van der Waals surface area (Å²) in [5, 5.41) is 1.28. The van der Waals surface area contributed by atoms with Crippen molar-refractivity contribution in [1.82, 2.24) is 4.90 Å². The Morgan fingerprint density at radius 1 is 1.04 bits per heavy atom. The molecule has 3 heteroatoms. The summed E-state index contributed by atoms with van der Waals surface area (Å²) in [6, 6.07) is 15.0. The van der Waals surface area contributed by atoms with E-state index in [2.05, 4.69) is 54.3 Å². The average molecular weight is 364 g/mol. The standard InChI is InChI=1S/C24H29NO2/c1-3-26-20-9-7-19(8-10-20)17-24-22(12-15-25-13-4-5-14-25)21-11-6-18(2)16-23(21)27-24/h6-11,16H,3-5,12-15,17H2,1-2H3. The van der Waals surface area contributed by atoms with Crippen molar-refractivity contribution in [3.05, 3.63) is 64.9 Å². The Labute approximate surface area is 161 Å². The molecule has 4 rings (SSSR count). The molecule has 0 spiro atoms. The first-order valence-electron chi connectivity index (χ1n) is 10.2. The molecule has 0 aliphatic carbocycles. The molecule has 1 fully saturated rings. The molecule has 1 aliphatic heterocycles. The second-order valence-corrected chi connectivity index (χ2v) is 7.56. The molecule has 1 aliphatic rings. The smallest absolute Gasteiger partial charge is 0.134 e. The monoisotopic (exact) mass is 363 g/mol. The Kier molecular flexibility index (Phi) is 5.49. The van der Waals surface area contributed by atoms with E-state index in [1.165, 1.54) is 48.0 Å². The van der Waals surface area contributed by atoms with E-state index in [4.69, 9.17) is 9.15 Å². The van der Waals surface area contributed by atoms with Crippen LogP contribution in [-0.4, -0.2) is 31.1 Å². The van der Waals surface area contributed by atoms with Crippen molar-refractivity contribution in [3.63, 3.8) is 0 Å². The van der Waals surface area contributed by atoms with Gasteiger partial charge in [-0.15, -0.1) is 0 Å². The molecule has 0 atom stereocenters. The van der Waals surface area contributed by atoms with Gasteiger partial charge in [0.1, 0.15) is 17.1 Å². The highest BCUT2D eigenvalue weighted by molar-refractivity contribution is 5.83. The summed E-state index contributed by atoms with van der Waals surface area (Å²) in [6.07, 6.45) is 4.56. The lowest BCUT2D eigenvalue weighted by molar-refractivity contribution is 0.340. The molecular formula is C24H29NO2. The SMILES string of the molecule is CCOc1ccc(Cc2oc3cc(C)ccc3c2CCN2CCCC2)cc1. The van der Waals surface area contributed by atoms with Crippen molar-refractivity contribution >= 4 is 11.0 Å². The molecule has 0 N–H and O–H groups in total. The third kappa shape index (κ3) is 4.19. The van der Waals surface area contributed by atoms with Gasteiger partial charge in [0.2, 0.25) is 0 Å². The molecule has 0 radical (unpaired) electrons. The quantitative estimate of drug-likeness (QED) is 0.564. The molecule has 0 amide bonds. The van der Waals surface area contributed by atoms with E-state index in [0.29, 0.717) is 6.61 Å².